The Hall–Kier alpha value is -3.13. The maximum absolute atomic E-state index is 6.80. The van der Waals surface area contributed by atoms with Gasteiger partial charge in [-0.1, -0.05) is 29.3 Å². The summed E-state index contributed by atoms with van der Waals surface area (Å²) in [6, 6.07) is 18.3. The summed E-state index contributed by atoms with van der Waals surface area (Å²) in [6.07, 6.45) is 1.84. The van der Waals surface area contributed by atoms with Crippen LogP contribution in [0, 0.1) is 0 Å². The minimum absolute atomic E-state index is 0.421. The van der Waals surface area contributed by atoms with Crippen LogP contribution in [0.3, 0.4) is 0 Å². The highest BCUT2D eigenvalue weighted by Crippen LogP contribution is 2.51. The number of aromatic nitrogens is 1. The lowest BCUT2D eigenvalue weighted by Gasteiger charge is -2.37. The fourth-order valence-corrected chi connectivity index (χ4v) is 5.70. The predicted molar refractivity (Wildman–Crippen MR) is 151 cm³/mol. The molecule has 1 fully saturated rings. The van der Waals surface area contributed by atoms with E-state index >= 15 is 0 Å². The third-order valence-electron chi connectivity index (χ3n) is 6.26. The summed E-state index contributed by atoms with van der Waals surface area (Å²) in [5.74, 6) is 2.02. The molecule has 2 aromatic carbocycles. The van der Waals surface area contributed by atoms with E-state index in [9.17, 15) is 0 Å². The van der Waals surface area contributed by atoms with Crippen LogP contribution in [-0.2, 0) is 0 Å². The predicted octanol–water partition coefficient (Wildman–Crippen LogP) is 7.26. The zero-order valence-electron chi connectivity index (χ0n) is 20.0. The van der Waals surface area contributed by atoms with Gasteiger partial charge in [-0.15, -0.1) is 0 Å². The molecule has 9 heteroatoms. The molecule has 186 valence electrons. The summed E-state index contributed by atoms with van der Waals surface area (Å²) in [6.45, 7) is 3.70. The van der Waals surface area contributed by atoms with Gasteiger partial charge in [0, 0.05) is 55.2 Å². The van der Waals surface area contributed by atoms with Gasteiger partial charge >= 0.3 is 0 Å². The van der Waals surface area contributed by atoms with Gasteiger partial charge in [-0.3, -0.25) is 0 Å². The highest BCUT2D eigenvalue weighted by Gasteiger charge is 2.25. The number of thiophene rings is 1. The molecule has 0 spiro atoms. The summed E-state index contributed by atoms with van der Waals surface area (Å²) >= 11 is 15.2. The molecule has 1 aliphatic rings. The summed E-state index contributed by atoms with van der Waals surface area (Å²) in [4.78, 5) is 11.2. The Kier molecular flexibility index (Phi) is 7.41. The molecular formula is C27H26Cl2N4O2S. The average molecular weight is 542 g/mol. The van der Waals surface area contributed by atoms with Crippen LogP contribution in [0.1, 0.15) is 0 Å². The third-order valence-corrected chi connectivity index (χ3v) is 7.67. The number of methoxy groups -OCH3 is 2. The lowest BCUT2D eigenvalue weighted by atomic mass is 10.1. The van der Waals surface area contributed by atoms with E-state index in [0.717, 1.165) is 43.4 Å². The number of halogens is 2. The second kappa shape index (κ2) is 10.9. The lowest BCUT2D eigenvalue weighted by Crippen LogP contribution is -2.46. The summed E-state index contributed by atoms with van der Waals surface area (Å²) in [5.41, 5.74) is 3.67. The van der Waals surface area contributed by atoms with E-state index in [-0.39, 0.29) is 0 Å². The van der Waals surface area contributed by atoms with E-state index in [1.807, 2.05) is 34.7 Å². The first-order chi connectivity index (χ1) is 17.6. The van der Waals surface area contributed by atoms with E-state index < -0.39 is 0 Å². The van der Waals surface area contributed by atoms with Crippen LogP contribution in [0.25, 0.3) is 0 Å². The molecule has 5 rings (SSSR count). The third kappa shape index (κ3) is 4.78. The number of hydrogen-bond donors (Lipinski definition) is 0. The van der Waals surface area contributed by atoms with Crippen LogP contribution in [0.15, 0.2) is 71.6 Å². The number of piperazine rings is 1. The van der Waals surface area contributed by atoms with Crippen LogP contribution in [0.2, 0.25) is 10.0 Å². The molecule has 6 nitrogen and oxygen atoms in total. The van der Waals surface area contributed by atoms with E-state index in [1.165, 1.54) is 5.69 Å². The summed E-state index contributed by atoms with van der Waals surface area (Å²) in [5, 5.41) is 4.92. The molecule has 0 aliphatic carbocycles. The topological polar surface area (TPSA) is 41.1 Å². The molecule has 4 aromatic rings. The molecule has 0 radical (unpaired) electrons. The molecule has 0 N–H and O–H groups in total. The lowest BCUT2D eigenvalue weighted by molar-refractivity contribution is 0.395. The van der Waals surface area contributed by atoms with Crippen LogP contribution in [0.4, 0.5) is 28.6 Å². The zero-order valence-corrected chi connectivity index (χ0v) is 22.4. The van der Waals surface area contributed by atoms with Crippen molar-refractivity contribution in [3.05, 3.63) is 81.6 Å². The van der Waals surface area contributed by atoms with Crippen molar-refractivity contribution in [2.24, 2.45) is 0 Å². The van der Waals surface area contributed by atoms with Crippen molar-refractivity contribution in [1.29, 1.82) is 0 Å². The molecule has 36 heavy (non-hydrogen) atoms. The Bertz CT molecular complexity index is 1270. The van der Waals surface area contributed by atoms with Crippen molar-refractivity contribution >= 4 is 63.1 Å². The van der Waals surface area contributed by atoms with Gasteiger partial charge < -0.3 is 24.2 Å². The van der Waals surface area contributed by atoms with Gasteiger partial charge in [0.25, 0.3) is 0 Å². The monoisotopic (exact) mass is 540 g/mol. The largest absolute Gasteiger partial charge is 0.495 e. The van der Waals surface area contributed by atoms with Crippen molar-refractivity contribution in [1.82, 2.24) is 4.98 Å². The Morgan fingerprint density at radius 2 is 1.50 bits per heavy atom. The second-order valence-corrected chi connectivity index (χ2v) is 9.79. The highest BCUT2D eigenvalue weighted by atomic mass is 35.5. The van der Waals surface area contributed by atoms with Crippen molar-refractivity contribution in [3.8, 4) is 11.5 Å². The van der Waals surface area contributed by atoms with Crippen molar-refractivity contribution < 1.29 is 9.47 Å². The van der Waals surface area contributed by atoms with Crippen LogP contribution in [-0.4, -0.2) is 45.4 Å². The normalized spacial score (nSPS) is 13.6. The first kappa shape index (κ1) is 24.6. The van der Waals surface area contributed by atoms with E-state index in [4.69, 9.17) is 32.7 Å². The molecule has 1 saturated heterocycles. The Morgan fingerprint density at radius 3 is 2.06 bits per heavy atom. The van der Waals surface area contributed by atoms with Gasteiger partial charge in [-0.25, -0.2) is 4.98 Å². The highest BCUT2D eigenvalue weighted by molar-refractivity contribution is 7.08. The number of rotatable bonds is 7. The Balaban J connectivity index is 1.44. The standard InChI is InChI=1S/C27H26Cl2N4O2S/c1-34-22-17-23(35-2)26(29)27(25(22)28)33(21-10-16-36-18-21)20-8-6-19(7-9-20)31-12-14-32(15-13-31)24-5-3-4-11-30-24/h3-11,16-18H,12-15H2,1-2H3. The number of nitrogens with zero attached hydrogens (tertiary/aromatic N) is 4. The molecule has 1 aliphatic heterocycles. The number of anilines is 5. The number of hydrogen-bond acceptors (Lipinski definition) is 7. The fraction of sp³-hybridized carbons (Fsp3) is 0.222. The Labute approximate surface area is 225 Å². The van der Waals surface area contributed by atoms with Crippen molar-refractivity contribution in [2.45, 2.75) is 0 Å². The molecule has 2 aromatic heterocycles. The smallest absolute Gasteiger partial charge is 0.143 e. The van der Waals surface area contributed by atoms with Gasteiger partial charge in [0.05, 0.1) is 25.6 Å². The van der Waals surface area contributed by atoms with Gasteiger partial charge in [0.15, 0.2) is 0 Å². The van der Waals surface area contributed by atoms with Crippen LogP contribution < -0.4 is 24.2 Å². The van der Waals surface area contributed by atoms with E-state index in [0.29, 0.717) is 27.2 Å². The number of ether oxygens (including phenoxy) is 2. The molecule has 0 saturated carbocycles. The SMILES string of the molecule is COc1cc(OC)c(Cl)c(N(c2ccc(N3CCN(c4ccccn4)CC3)cc2)c2ccsc2)c1Cl. The zero-order chi connectivity index (χ0) is 25.1. The maximum Gasteiger partial charge on any atom is 0.143 e. The fourth-order valence-electron chi connectivity index (χ4n) is 4.41. The summed E-state index contributed by atoms with van der Waals surface area (Å²) in [7, 11) is 3.16. The first-order valence-corrected chi connectivity index (χ1v) is 13.2. The minimum Gasteiger partial charge on any atom is -0.495 e. The number of pyridine rings is 1. The second-order valence-electron chi connectivity index (χ2n) is 8.25. The van der Waals surface area contributed by atoms with Gasteiger partial charge in [-0.05, 0) is 47.8 Å². The van der Waals surface area contributed by atoms with E-state index in [1.54, 1.807) is 31.6 Å². The Morgan fingerprint density at radius 1 is 0.833 bits per heavy atom. The molecule has 0 unspecified atom stereocenters. The summed E-state index contributed by atoms with van der Waals surface area (Å²) < 4.78 is 11.0. The first-order valence-electron chi connectivity index (χ1n) is 11.5. The maximum atomic E-state index is 6.80. The minimum atomic E-state index is 0.421. The molecular weight excluding hydrogens is 515 g/mol. The quantitative estimate of drug-likeness (QED) is 0.245. The van der Waals surface area contributed by atoms with Gasteiger partial charge in [0.1, 0.15) is 27.4 Å². The molecule has 3 heterocycles. The van der Waals surface area contributed by atoms with Crippen LogP contribution >= 0.6 is 34.5 Å². The van der Waals surface area contributed by atoms with Gasteiger partial charge in [-0.2, -0.15) is 11.3 Å². The van der Waals surface area contributed by atoms with Gasteiger partial charge in [0.2, 0.25) is 0 Å². The van der Waals surface area contributed by atoms with Crippen LogP contribution in [0.5, 0.6) is 11.5 Å². The van der Waals surface area contributed by atoms with Crippen molar-refractivity contribution in [2.75, 3.05) is 55.1 Å². The average Bonchev–Trinajstić information content (AvgIpc) is 3.46. The van der Waals surface area contributed by atoms with Crippen molar-refractivity contribution in [3.63, 3.8) is 0 Å². The molecule has 0 bridgehead atoms. The molecule has 0 atom stereocenters. The number of benzene rings is 2. The van der Waals surface area contributed by atoms with E-state index in [2.05, 4.69) is 50.5 Å². The molecule has 0 amide bonds.